The van der Waals surface area contributed by atoms with E-state index in [4.69, 9.17) is 9.66 Å². The number of aliphatic hydroxyl groups excluding tert-OH is 2. The van der Waals surface area contributed by atoms with Crippen molar-refractivity contribution in [3.8, 4) is 11.8 Å². The molecule has 0 amide bonds. The van der Waals surface area contributed by atoms with Crippen LogP contribution in [0, 0.1) is 11.8 Å². The first-order valence-corrected chi connectivity index (χ1v) is 13.8. The SMILES string of the molecule is CCCCCCC(O)C(O)CCCCCCCCCCCCC#C[C@@H](OS(=O)(=O)O)C(=O)O. The van der Waals surface area contributed by atoms with Crippen molar-refractivity contribution in [2.24, 2.45) is 0 Å². The van der Waals surface area contributed by atoms with Crippen molar-refractivity contribution in [1.29, 1.82) is 0 Å². The second kappa shape index (κ2) is 20.2. The number of hydrogen-bond donors (Lipinski definition) is 4. The van der Waals surface area contributed by atoms with Crippen LogP contribution in [0.25, 0.3) is 0 Å². The van der Waals surface area contributed by atoms with Gasteiger partial charge in [0.2, 0.25) is 6.10 Å². The van der Waals surface area contributed by atoms with Crippen molar-refractivity contribution in [1.82, 2.24) is 0 Å². The zero-order valence-corrected chi connectivity index (χ0v) is 20.9. The Kier molecular flexibility index (Phi) is 19.5. The molecule has 0 aliphatic heterocycles. The monoisotopic (exact) mass is 492 g/mol. The zero-order chi connectivity index (χ0) is 25.0. The number of carboxylic acid groups (broad SMARTS) is 1. The molecule has 0 saturated carbocycles. The molecule has 0 aromatic heterocycles. The Morgan fingerprint density at radius 2 is 1.21 bits per heavy atom. The van der Waals surface area contributed by atoms with Gasteiger partial charge in [0.25, 0.3) is 0 Å². The van der Waals surface area contributed by atoms with E-state index < -0.39 is 34.7 Å². The van der Waals surface area contributed by atoms with Crippen LogP contribution in [-0.2, 0) is 19.4 Å². The number of carboxylic acids is 1. The molecule has 0 aromatic rings. The highest BCUT2D eigenvalue weighted by molar-refractivity contribution is 7.80. The Bertz CT molecular complexity index is 653. The average molecular weight is 493 g/mol. The van der Waals surface area contributed by atoms with Crippen molar-refractivity contribution in [2.45, 2.75) is 134 Å². The number of rotatable bonds is 21. The summed E-state index contributed by atoms with van der Waals surface area (Å²) in [6.45, 7) is 2.16. The zero-order valence-electron chi connectivity index (χ0n) is 20.1. The highest BCUT2D eigenvalue weighted by Gasteiger charge is 2.21. The minimum Gasteiger partial charge on any atom is -0.479 e. The molecule has 0 bridgehead atoms. The van der Waals surface area contributed by atoms with E-state index in [1.807, 2.05) is 0 Å². The summed E-state index contributed by atoms with van der Waals surface area (Å²) in [5, 5.41) is 28.8. The van der Waals surface area contributed by atoms with E-state index in [1.165, 1.54) is 25.7 Å². The summed E-state index contributed by atoms with van der Waals surface area (Å²) in [7, 11) is -4.85. The second-order valence-electron chi connectivity index (χ2n) is 8.62. The van der Waals surface area contributed by atoms with Gasteiger partial charge in [-0.15, -0.1) is 0 Å². The predicted octanol–water partition coefficient (Wildman–Crippen LogP) is 4.64. The minimum atomic E-state index is -4.85. The largest absolute Gasteiger partial charge is 0.479 e. The summed E-state index contributed by atoms with van der Waals surface area (Å²) < 4.78 is 33.6. The van der Waals surface area contributed by atoms with Gasteiger partial charge in [0.15, 0.2) is 0 Å². The first-order chi connectivity index (χ1) is 15.7. The van der Waals surface area contributed by atoms with Crippen LogP contribution >= 0.6 is 0 Å². The molecule has 0 rings (SSSR count). The lowest BCUT2D eigenvalue weighted by Crippen LogP contribution is -2.25. The molecule has 2 unspecified atom stereocenters. The Morgan fingerprint density at radius 1 is 0.788 bits per heavy atom. The van der Waals surface area contributed by atoms with Gasteiger partial charge < -0.3 is 15.3 Å². The number of carbonyl (C=O) groups is 1. The summed E-state index contributed by atoms with van der Waals surface area (Å²) in [6, 6.07) is 0. The van der Waals surface area contributed by atoms with E-state index in [-0.39, 0.29) is 0 Å². The number of hydrogen-bond acceptors (Lipinski definition) is 6. The van der Waals surface area contributed by atoms with Gasteiger partial charge in [-0.05, 0) is 19.3 Å². The normalized spacial score (nSPS) is 14.3. The van der Waals surface area contributed by atoms with Gasteiger partial charge >= 0.3 is 16.4 Å². The number of aliphatic carboxylic acids is 1. The first kappa shape index (κ1) is 31.8. The lowest BCUT2D eigenvalue weighted by atomic mass is 10.00. The van der Waals surface area contributed by atoms with Crippen molar-refractivity contribution in [3.63, 3.8) is 0 Å². The van der Waals surface area contributed by atoms with Gasteiger partial charge in [0, 0.05) is 6.42 Å². The average Bonchev–Trinajstić information content (AvgIpc) is 2.74. The third-order valence-corrected chi connectivity index (χ3v) is 5.96. The van der Waals surface area contributed by atoms with Crippen LogP contribution in [0.5, 0.6) is 0 Å². The maximum absolute atomic E-state index is 10.8. The molecule has 9 heteroatoms. The smallest absolute Gasteiger partial charge is 0.399 e. The molecule has 0 spiro atoms. The van der Waals surface area contributed by atoms with Crippen LogP contribution in [0.4, 0.5) is 0 Å². The van der Waals surface area contributed by atoms with Crippen molar-refractivity contribution >= 4 is 16.4 Å². The van der Waals surface area contributed by atoms with E-state index in [0.717, 1.165) is 64.2 Å². The summed E-state index contributed by atoms with van der Waals surface area (Å²) in [4.78, 5) is 10.8. The highest BCUT2D eigenvalue weighted by atomic mass is 32.3. The summed E-state index contributed by atoms with van der Waals surface area (Å²) >= 11 is 0. The molecule has 0 aliphatic carbocycles. The molecule has 0 aliphatic rings. The van der Waals surface area contributed by atoms with Gasteiger partial charge in [-0.1, -0.05) is 102 Å². The lowest BCUT2D eigenvalue weighted by Gasteiger charge is -2.17. The molecular formula is C24H44O8S. The molecule has 0 radical (unpaired) electrons. The molecule has 33 heavy (non-hydrogen) atoms. The second-order valence-corrected chi connectivity index (χ2v) is 9.67. The highest BCUT2D eigenvalue weighted by Crippen LogP contribution is 2.15. The lowest BCUT2D eigenvalue weighted by molar-refractivity contribution is -0.142. The van der Waals surface area contributed by atoms with Crippen molar-refractivity contribution in [3.05, 3.63) is 0 Å². The van der Waals surface area contributed by atoms with E-state index in [2.05, 4.69) is 22.9 Å². The van der Waals surface area contributed by atoms with E-state index in [0.29, 0.717) is 19.3 Å². The first-order valence-electron chi connectivity index (χ1n) is 12.4. The van der Waals surface area contributed by atoms with Gasteiger partial charge in [-0.3, -0.25) is 4.55 Å². The molecule has 0 fully saturated rings. The van der Waals surface area contributed by atoms with E-state index in [9.17, 15) is 23.4 Å². The summed E-state index contributed by atoms with van der Waals surface area (Å²) in [5.74, 6) is 3.22. The molecule has 3 atom stereocenters. The van der Waals surface area contributed by atoms with Crippen LogP contribution in [0.3, 0.4) is 0 Å². The fourth-order valence-corrected chi connectivity index (χ4v) is 3.93. The van der Waals surface area contributed by atoms with Gasteiger partial charge in [-0.25, -0.2) is 8.98 Å². The van der Waals surface area contributed by atoms with Crippen LogP contribution in [0.2, 0.25) is 0 Å². The molecule has 0 aromatic carbocycles. The molecule has 0 heterocycles. The summed E-state index contributed by atoms with van der Waals surface area (Å²) in [6.07, 6.45) is 13.8. The predicted molar refractivity (Wildman–Crippen MR) is 128 cm³/mol. The number of unbranched alkanes of at least 4 members (excludes halogenated alkanes) is 13. The Hall–Kier alpha value is -1.18. The van der Waals surface area contributed by atoms with Gasteiger partial charge in [0.05, 0.1) is 12.2 Å². The maximum atomic E-state index is 10.8. The standard InChI is InChI=1S/C24H44O8S/c1-2-3-4-15-18-21(25)22(26)19-16-13-11-9-7-5-6-8-10-12-14-17-20-23(24(27)28)32-33(29,30)31/h21-23,25-26H,2-16,18-19H2,1H3,(H,27,28)(H,29,30,31)/t21?,22?,23-/m1/s1. The molecular weight excluding hydrogens is 448 g/mol. The molecule has 4 N–H and O–H groups in total. The van der Waals surface area contributed by atoms with E-state index in [1.54, 1.807) is 0 Å². The fourth-order valence-electron chi connectivity index (χ4n) is 3.56. The topological polar surface area (TPSA) is 141 Å². The summed E-state index contributed by atoms with van der Waals surface area (Å²) in [5.41, 5.74) is 0. The molecule has 8 nitrogen and oxygen atoms in total. The Balaban J connectivity index is 3.57. The molecule has 0 saturated heterocycles. The quantitative estimate of drug-likeness (QED) is 0.103. The maximum Gasteiger partial charge on any atom is 0.399 e. The van der Waals surface area contributed by atoms with Crippen LogP contribution in [0.15, 0.2) is 0 Å². The van der Waals surface area contributed by atoms with Crippen molar-refractivity contribution < 1.29 is 37.3 Å². The van der Waals surface area contributed by atoms with Crippen molar-refractivity contribution in [2.75, 3.05) is 0 Å². The van der Waals surface area contributed by atoms with Gasteiger partial charge in [-0.2, -0.15) is 8.42 Å². The Labute approximate surface area is 200 Å². The molecule has 194 valence electrons. The third kappa shape index (κ3) is 21.1. The van der Waals surface area contributed by atoms with Crippen LogP contribution < -0.4 is 0 Å². The minimum absolute atomic E-state index is 0.442. The van der Waals surface area contributed by atoms with Crippen LogP contribution in [0.1, 0.15) is 116 Å². The fraction of sp³-hybridized carbons (Fsp3) is 0.875. The third-order valence-electron chi connectivity index (χ3n) is 5.52. The van der Waals surface area contributed by atoms with E-state index >= 15 is 0 Å². The van der Waals surface area contributed by atoms with Gasteiger partial charge in [0.1, 0.15) is 0 Å². The number of aliphatic hydroxyl groups is 2. The van der Waals surface area contributed by atoms with Crippen LogP contribution in [-0.4, -0.2) is 52.6 Å². The Morgan fingerprint density at radius 3 is 1.64 bits per heavy atom.